The molecule has 0 aliphatic carbocycles. The van der Waals surface area contributed by atoms with Gasteiger partial charge in [-0.25, -0.2) is 14.1 Å². The summed E-state index contributed by atoms with van der Waals surface area (Å²) in [5, 5.41) is 13.9. The van der Waals surface area contributed by atoms with Crippen LogP contribution in [0.4, 0.5) is 5.82 Å². The molecule has 0 radical (unpaired) electrons. The van der Waals surface area contributed by atoms with E-state index in [0.29, 0.717) is 41.2 Å². The Balaban J connectivity index is 1.39. The Morgan fingerprint density at radius 1 is 0.944 bits per heavy atom. The number of fused-ring (bicyclic) bond motifs is 1. The van der Waals surface area contributed by atoms with E-state index in [4.69, 9.17) is 35.9 Å². The maximum Gasteiger partial charge on any atom is 0.472 e. The monoisotopic (exact) mass is 789 g/mol. The van der Waals surface area contributed by atoms with Crippen LogP contribution in [0.15, 0.2) is 36.7 Å². The lowest BCUT2D eigenvalue weighted by molar-refractivity contribution is -0.0495. The molecule has 0 fully saturated rings. The summed E-state index contributed by atoms with van der Waals surface area (Å²) in [5.41, 5.74) is 7.90. The van der Waals surface area contributed by atoms with E-state index in [1.165, 1.54) is 96.2 Å². The number of ether oxygens (including phenoxy) is 2. The zero-order chi connectivity index (χ0) is 39.1. The number of phosphoric ester groups is 1. The van der Waals surface area contributed by atoms with Crippen LogP contribution in [0, 0.1) is 11.3 Å². The number of anilines is 1. The number of rotatable bonds is 31. The number of hydrogen-bond acceptors (Lipinski definition) is 9. The van der Waals surface area contributed by atoms with Crippen LogP contribution in [0.5, 0.6) is 0 Å². The zero-order valence-electron chi connectivity index (χ0n) is 33.0. The molecule has 11 nitrogen and oxygen atoms in total. The molecule has 13 heteroatoms. The molecule has 1 unspecified atom stereocenters. The van der Waals surface area contributed by atoms with Crippen molar-refractivity contribution in [2.24, 2.45) is 0 Å². The molecule has 0 aliphatic rings. The molecule has 1 aromatic carbocycles. The third-order valence-corrected chi connectivity index (χ3v) is 11.4. The van der Waals surface area contributed by atoms with Gasteiger partial charge in [0, 0.05) is 12.8 Å². The minimum Gasteiger partial charge on any atom is -0.382 e. The largest absolute Gasteiger partial charge is 0.472 e. The number of unbranched alkanes of at least 4 members (excludes halogenated alkanes) is 16. The number of halogens is 1. The van der Waals surface area contributed by atoms with Crippen LogP contribution in [0.1, 0.15) is 153 Å². The first kappa shape index (κ1) is 45.8. The summed E-state index contributed by atoms with van der Waals surface area (Å²) >= 11 is 6.24. The number of methoxy groups -OCH3 is 1. The summed E-state index contributed by atoms with van der Waals surface area (Å²) in [6.07, 6.45) is 24.7. The van der Waals surface area contributed by atoms with Crippen molar-refractivity contribution in [3.05, 3.63) is 58.5 Å². The Morgan fingerprint density at radius 2 is 1.56 bits per heavy atom. The highest BCUT2D eigenvalue weighted by molar-refractivity contribution is 7.47. The fraction of sp³-hybridized carbons (Fsp3) is 0.683. The second-order valence-electron chi connectivity index (χ2n) is 14.8. The summed E-state index contributed by atoms with van der Waals surface area (Å²) in [6.45, 7) is 4.04. The van der Waals surface area contributed by atoms with Gasteiger partial charge in [0.25, 0.3) is 0 Å². The highest BCUT2D eigenvalue weighted by Gasteiger charge is 2.31. The molecule has 0 bridgehead atoms. The van der Waals surface area contributed by atoms with Gasteiger partial charge in [0.2, 0.25) is 0 Å². The van der Waals surface area contributed by atoms with Crippen LogP contribution in [0.2, 0.25) is 5.02 Å². The van der Waals surface area contributed by atoms with Gasteiger partial charge in [-0.3, -0.25) is 9.05 Å². The van der Waals surface area contributed by atoms with Crippen molar-refractivity contribution in [1.82, 2.24) is 14.6 Å². The predicted octanol–water partition coefficient (Wildman–Crippen LogP) is 10.9. The molecule has 0 spiro atoms. The van der Waals surface area contributed by atoms with Gasteiger partial charge in [0.1, 0.15) is 17.9 Å². The van der Waals surface area contributed by atoms with Crippen LogP contribution in [-0.2, 0) is 36.1 Å². The fourth-order valence-corrected chi connectivity index (χ4v) is 7.63. The molecule has 3 aromatic rings. The smallest absolute Gasteiger partial charge is 0.382 e. The first-order valence-electron chi connectivity index (χ1n) is 20.1. The van der Waals surface area contributed by atoms with Crippen LogP contribution < -0.4 is 5.73 Å². The number of nitrogen functional groups attached to an aromatic ring is 1. The summed E-state index contributed by atoms with van der Waals surface area (Å²) in [5.74, 6) is 0.389. The van der Waals surface area contributed by atoms with Gasteiger partial charge < -0.3 is 20.1 Å². The molecule has 0 amide bonds. The third-order valence-electron chi connectivity index (χ3n) is 10.2. The normalized spacial score (nSPS) is 14.5. The van der Waals surface area contributed by atoms with Crippen molar-refractivity contribution in [2.45, 2.75) is 161 Å². The van der Waals surface area contributed by atoms with E-state index >= 15 is 0 Å². The molecule has 2 aromatic heterocycles. The van der Waals surface area contributed by atoms with Crippen LogP contribution in [-0.4, -0.2) is 51.5 Å². The van der Waals surface area contributed by atoms with Gasteiger partial charge >= 0.3 is 7.82 Å². The van der Waals surface area contributed by atoms with Gasteiger partial charge in [-0.15, -0.1) is 0 Å². The maximum atomic E-state index is 13.1. The van der Waals surface area contributed by atoms with E-state index in [1.54, 1.807) is 29.8 Å². The Bertz CT molecular complexity index is 1590. The van der Waals surface area contributed by atoms with Gasteiger partial charge in [0.05, 0.1) is 42.1 Å². The van der Waals surface area contributed by atoms with E-state index in [1.807, 2.05) is 19.1 Å². The molecule has 3 rings (SSSR count). The summed E-state index contributed by atoms with van der Waals surface area (Å²) in [7, 11) is -2.89. The molecule has 0 saturated carbocycles. The number of nitriles is 1. The van der Waals surface area contributed by atoms with Crippen molar-refractivity contribution in [1.29, 1.82) is 5.26 Å². The highest BCUT2D eigenvalue weighted by Crippen LogP contribution is 2.45. The van der Waals surface area contributed by atoms with Crippen molar-refractivity contribution in [2.75, 3.05) is 26.1 Å². The first-order chi connectivity index (χ1) is 26.1. The molecular formula is C41H65ClN5O6P. The first-order valence-corrected chi connectivity index (χ1v) is 22.0. The van der Waals surface area contributed by atoms with Gasteiger partial charge in [-0.2, -0.15) is 10.4 Å². The van der Waals surface area contributed by atoms with Crippen molar-refractivity contribution >= 4 is 30.8 Å². The Kier molecular flexibility index (Phi) is 21.7. The minimum absolute atomic E-state index is 0.113. The molecule has 0 saturated heterocycles. The number of phosphoric acid groups is 1. The number of nitrogens with zero attached hydrogens (tertiary/aromatic N) is 4. The topological polar surface area (TPSA) is 154 Å². The minimum atomic E-state index is -4.44. The average Bonchev–Trinajstić information content (AvgIpc) is 3.59. The molecule has 3 N–H and O–H groups in total. The third kappa shape index (κ3) is 17.5. The second kappa shape index (κ2) is 25.6. The Morgan fingerprint density at radius 3 is 2.13 bits per heavy atom. The number of aromatic nitrogens is 3. The number of aryl methyl sites for hydroxylation is 1. The van der Waals surface area contributed by atoms with Gasteiger partial charge in [0.15, 0.2) is 5.82 Å². The van der Waals surface area contributed by atoms with E-state index in [-0.39, 0.29) is 19.8 Å². The summed E-state index contributed by atoms with van der Waals surface area (Å²) in [6, 6.07) is 11.0. The molecule has 3 atom stereocenters. The number of nitrogens with two attached hydrogens (primary N) is 1. The molecular weight excluding hydrogens is 725 g/mol. The van der Waals surface area contributed by atoms with Crippen molar-refractivity contribution < 1.29 is 28.0 Å². The highest BCUT2D eigenvalue weighted by atomic mass is 35.5. The lowest BCUT2D eigenvalue weighted by Crippen LogP contribution is -2.34. The fourth-order valence-electron chi connectivity index (χ4n) is 6.52. The lowest BCUT2D eigenvalue weighted by atomic mass is 10.00. The molecule has 302 valence electrons. The van der Waals surface area contributed by atoms with Gasteiger partial charge in [-0.1, -0.05) is 134 Å². The van der Waals surface area contributed by atoms with Crippen LogP contribution >= 0.6 is 19.4 Å². The number of benzene rings is 1. The van der Waals surface area contributed by atoms with Crippen LogP contribution in [0.3, 0.4) is 0 Å². The quantitative estimate of drug-likeness (QED) is 0.0475. The predicted molar refractivity (Wildman–Crippen MR) is 216 cm³/mol. The lowest BCUT2D eigenvalue weighted by Gasteiger charge is -2.29. The molecule has 2 heterocycles. The Hall–Kier alpha value is -2.55. The standard InChI is InChI=1S/C41H65ClN5O6P/c1-4-5-6-7-8-9-10-11-12-13-14-15-16-17-18-19-20-21-37(51-30-34-22-23-35(29-43)38(42)28-34)31-52-54(48,49)53-32-41(2,50-3)27-26-36-24-25-39-40(44)45-33-46-47(36)39/h22-25,28,33,37H,4-21,26-27,30-32H2,1-3H3,(H,48,49)(H2,44,45,46)/t37-,41+/m1/s1. The van der Waals surface area contributed by atoms with Crippen molar-refractivity contribution in [3.63, 3.8) is 0 Å². The van der Waals surface area contributed by atoms with Crippen LogP contribution in [0.25, 0.3) is 5.52 Å². The zero-order valence-corrected chi connectivity index (χ0v) is 34.6. The van der Waals surface area contributed by atoms with Gasteiger partial charge in [-0.05, 0) is 56.0 Å². The second-order valence-corrected chi connectivity index (χ2v) is 16.6. The van der Waals surface area contributed by atoms with E-state index in [0.717, 1.165) is 30.5 Å². The maximum absolute atomic E-state index is 13.1. The number of hydrogen-bond donors (Lipinski definition) is 2. The van der Waals surface area contributed by atoms with E-state index < -0.39 is 19.5 Å². The molecule has 54 heavy (non-hydrogen) atoms. The van der Waals surface area contributed by atoms with E-state index in [2.05, 4.69) is 23.1 Å². The summed E-state index contributed by atoms with van der Waals surface area (Å²) in [4.78, 5) is 14.7. The summed E-state index contributed by atoms with van der Waals surface area (Å²) < 4.78 is 37.6. The Labute approximate surface area is 328 Å². The van der Waals surface area contributed by atoms with Crippen molar-refractivity contribution in [3.8, 4) is 6.07 Å². The average molecular weight is 790 g/mol. The SMILES string of the molecule is CCCCCCCCCCCCCCCCCCC[C@H](COP(=O)(O)OC[C@](C)(CCc1ccc2c(N)ncnn12)OC)OCc1ccc(C#N)c(Cl)c1. The molecule has 0 aliphatic heterocycles. The van der Waals surface area contributed by atoms with E-state index in [9.17, 15) is 14.7 Å².